The van der Waals surface area contributed by atoms with E-state index in [-0.39, 0.29) is 11.6 Å². The summed E-state index contributed by atoms with van der Waals surface area (Å²) in [4.78, 5) is 4.01. The number of nitrogens with zero attached hydrogens (tertiary/aromatic N) is 1. The van der Waals surface area contributed by atoms with E-state index in [1.54, 1.807) is 19.2 Å². The number of fused-ring (bicyclic) bond motifs is 1. The largest absolute Gasteiger partial charge is 0.509 e. The molecule has 3 aromatic rings. The zero-order chi connectivity index (χ0) is 17.0. The highest BCUT2D eigenvalue weighted by Crippen LogP contribution is 2.11. The summed E-state index contributed by atoms with van der Waals surface area (Å²) in [5, 5.41) is 10.8. The van der Waals surface area contributed by atoms with Crippen molar-refractivity contribution in [1.82, 2.24) is 4.98 Å². The lowest BCUT2D eigenvalue weighted by molar-refractivity contribution is 0.461. The average molecular weight is 311 g/mol. The summed E-state index contributed by atoms with van der Waals surface area (Å²) in [6.45, 7) is 10.9. The molecule has 2 aromatic heterocycles. The highest BCUT2D eigenvalue weighted by atomic mass is 19.1. The molecular formula is C19H18FNO2. The van der Waals surface area contributed by atoms with Crippen molar-refractivity contribution in [2.24, 2.45) is 0 Å². The average Bonchev–Trinajstić information content (AvgIpc) is 2.86. The first kappa shape index (κ1) is 16.5. The Morgan fingerprint density at radius 2 is 1.96 bits per heavy atom. The number of allylic oxidation sites excluding steroid dienone is 1. The second-order valence-electron chi connectivity index (χ2n) is 5.14. The van der Waals surface area contributed by atoms with Crippen LogP contribution in [0.1, 0.15) is 19.4 Å². The summed E-state index contributed by atoms with van der Waals surface area (Å²) in [7, 11) is 0. The van der Waals surface area contributed by atoms with Crippen LogP contribution in [-0.4, -0.2) is 10.1 Å². The molecular weight excluding hydrogens is 293 g/mol. The Labute approximate surface area is 133 Å². The minimum atomic E-state index is -0.208. The van der Waals surface area contributed by atoms with Crippen LogP contribution < -0.4 is 10.6 Å². The molecule has 0 spiro atoms. The molecule has 3 rings (SSSR count). The molecule has 0 bridgehead atoms. The van der Waals surface area contributed by atoms with Gasteiger partial charge in [-0.2, -0.15) is 0 Å². The van der Waals surface area contributed by atoms with E-state index in [4.69, 9.17) is 4.42 Å². The predicted octanol–water partition coefficient (Wildman–Crippen LogP) is 3.78. The van der Waals surface area contributed by atoms with Crippen molar-refractivity contribution in [3.8, 4) is 0 Å². The van der Waals surface area contributed by atoms with Crippen molar-refractivity contribution in [2.45, 2.75) is 13.8 Å². The Hall–Kier alpha value is -2.88. The molecule has 0 aliphatic heterocycles. The molecule has 0 unspecified atom stereocenters. The van der Waals surface area contributed by atoms with Gasteiger partial charge in [0.1, 0.15) is 11.6 Å². The fourth-order valence-electron chi connectivity index (χ4n) is 2.03. The molecule has 0 saturated heterocycles. The van der Waals surface area contributed by atoms with E-state index in [1.165, 1.54) is 12.1 Å². The van der Waals surface area contributed by atoms with Gasteiger partial charge in [-0.1, -0.05) is 30.9 Å². The molecule has 4 heteroatoms. The van der Waals surface area contributed by atoms with Crippen LogP contribution in [0.5, 0.6) is 0 Å². The number of aliphatic hydroxyl groups is 1. The van der Waals surface area contributed by atoms with Crippen molar-refractivity contribution in [3.05, 3.63) is 71.2 Å². The van der Waals surface area contributed by atoms with Gasteiger partial charge in [-0.3, -0.25) is 0 Å². The van der Waals surface area contributed by atoms with Crippen molar-refractivity contribution in [2.75, 3.05) is 0 Å². The number of halogens is 1. The first-order valence-electron chi connectivity index (χ1n) is 7.04. The summed E-state index contributed by atoms with van der Waals surface area (Å²) in [5.74, 6) is -0.0801. The zero-order valence-electron chi connectivity index (χ0n) is 13.1. The number of hydrogen-bond acceptors (Lipinski definition) is 3. The highest BCUT2D eigenvalue weighted by Gasteiger charge is 2.02. The molecule has 23 heavy (non-hydrogen) atoms. The van der Waals surface area contributed by atoms with Crippen LogP contribution in [0.25, 0.3) is 29.0 Å². The van der Waals surface area contributed by atoms with Crippen LogP contribution in [-0.2, 0) is 0 Å². The standard InChI is InChI=1S/C10H9NO2.C9H9F/c1-6-8-4-3-5-11-10(8)13-9(6)7(2)12;1-7(2)8-4-3-5-9(10)6-8/h3-5,12H,1H2,2H3;3-6H,1H2,2H3/b9-7-;. The van der Waals surface area contributed by atoms with Gasteiger partial charge in [0.2, 0.25) is 5.71 Å². The molecule has 1 N–H and O–H groups in total. The lowest BCUT2D eigenvalue weighted by Gasteiger charge is -1.96. The Morgan fingerprint density at radius 1 is 1.22 bits per heavy atom. The number of benzene rings is 1. The van der Waals surface area contributed by atoms with Gasteiger partial charge in [-0.15, -0.1) is 0 Å². The van der Waals surface area contributed by atoms with Gasteiger partial charge < -0.3 is 9.52 Å². The van der Waals surface area contributed by atoms with Crippen LogP contribution in [0.15, 0.2) is 53.6 Å². The maximum atomic E-state index is 12.5. The van der Waals surface area contributed by atoms with Gasteiger partial charge in [0.25, 0.3) is 0 Å². The first-order valence-corrected chi connectivity index (χ1v) is 7.04. The zero-order valence-corrected chi connectivity index (χ0v) is 13.1. The van der Waals surface area contributed by atoms with Crippen molar-refractivity contribution >= 4 is 29.0 Å². The molecule has 0 aliphatic carbocycles. The second kappa shape index (κ2) is 6.92. The number of aliphatic hydroxyl groups excluding tert-OH is 1. The Bertz CT molecular complexity index is 953. The van der Waals surface area contributed by atoms with E-state index in [0.717, 1.165) is 16.5 Å². The Morgan fingerprint density at radius 3 is 2.48 bits per heavy atom. The molecule has 118 valence electrons. The third-order valence-electron chi connectivity index (χ3n) is 3.22. The van der Waals surface area contributed by atoms with Crippen LogP contribution in [0, 0.1) is 5.82 Å². The topological polar surface area (TPSA) is 46.3 Å². The van der Waals surface area contributed by atoms with Gasteiger partial charge in [-0.25, -0.2) is 9.37 Å². The van der Waals surface area contributed by atoms with Gasteiger partial charge >= 0.3 is 0 Å². The number of hydrogen-bond donors (Lipinski definition) is 1. The highest BCUT2D eigenvalue weighted by molar-refractivity contribution is 5.74. The summed E-state index contributed by atoms with van der Waals surface area (Å²) in [5.41, 5.74) is 2.67. The SMILES string of the molecule is C=C(C)c1cccc(F)c1.C=c1/c(=C(\C)O)oc2ncccc12. The smallest absolute Gasteiger partial charge is 0.227 e. The lowest BCUT2D eigenvalue weighted by atomic mass is 10.1. The third-order valence-corrected chi connectivity index (χ3v) is 3.22. The summed E-state index contributed by atoms with van der Waals surface area (Å²) < 4.78 is 17.8. The normalized spacial score (nSPS) is 11.6. The van der Waals surface area contributed by atoms with Crippen molar-refractivity contribution < 1.29 is 13.9 Å². The molecule has 0 saturated carbocycles. The molecule has 2 heterocycles. The number of aromatic nitrogens is 1. The fourth-order valence-corrected chi connectivity index (χ4v) is 2.03. The summed E-state index contributed by atoms with van der Waals surface area (Å²) in [6, 6.07) is 10.1. The minimum Gasteiger partial charge on any atom is -0.509 e. The second-order valence-corrected chi connectivity index (χ2v) is 5.14. The fraction of sp³-hybridized carbons (Fsp3) is 0.105. The summed E-state index contributed by atoms with van der Waals surface area (Å²) >= 11 is 0. The van der Waals surface area contributed by atoms with Gasteiger partial charge in [0, 0.05) is 16.8 Å². The van der Waals surface area contributed by atoms with Crippen LogP contribution in [0.4, 0.5) is 4.39 Å². The van der Waals surface area contributed by atoms with Crippen molar-refractivity contribution in [1.29, 1.82) is 0 Å². The van der Waals surface area contributed by atoms with Gasteiger partial charge in [0.05, 0.1) is 0 Å². The van der Waals surface area contributed by atoms with E-state index < -0.39 is 0 Å². The molecule has 0 fully saturated rings. The van der Waals surface area contributed by atoms with Crippen LogP contribution in [0.2, 0.25) is 0 Å². The minimum absolute atomic E-state index is 0.128. The monoisotopic (exact) mass is 311 g/mol. The van der Waals surface area contributed by atoms with Gasteiger partial charge in [0.15, 0.2) is 5.42 Å². The molecule has 3 nitrogen and oxygen atoms in total. The maximum Gasteiger partial charge on any atom is 0.227 e. The van der Waals surface area contributed by atoms with E-state index >= 15 is 0 Å². The van der Waals surface area contributed by atoms with E-state index in [2.05, 4.69) is 18.1 Å². The predicted molar refractivity (Wildman–Crippen MR) is 91.6 cm³/mol. The Kier molecular flexibility index (Phi) is 4.96. The van der Waals surface area contributed by atoms with E-state index in [9.17, 15) is 9.50 Å². The molecule has 0 atom stereocenters. The molecule has 0 amide bonds. The third kappa shape index (κ3) is 3.86. The van der Waals surface area contributed by atoms with Crippen LogP contribution in [0.3, 0.4) is 0 Å². The maximum absolute atomic E-state index is 12.5. The first-order chi connectivity index (χ1) is 10.9. The van der Waals surface area contributed by atoms with Crippen LogP contribution >= 0.6 is 0 Å². The van der Waals surface area contributed by atoms with E-state index in [1.807, 2.05) is 25.1 Å². The van der Waals surface area contributed by atoms with E-state index in [0.29, 0.717) is 16.3 Å². The molecule has 0 radical (unpaired) electrons. The van der Waals surface area contributed by atoms with Crippen molar-refractivity contribution in [3.63, 3.8) is 0 Å². The number of rotatable bonds is 1. The quantitative estimate of drug-likeness (QED) is 0.744. The summed E-state index contributed by atoms with van der Waals surface area (Å²) in [6.07, 6.45) is 1.64. The van der Waals surface area contributed by atoms with Gasteiger partial charge in [-0.05, 0) is 43.7 Å². The molecule has 1 aromatic carbocycles. The lowest BCUT2D eigenvalue weighted by Crippen LogP contribution is -2.20. The number of pyridine rings is 1. The Balaban J connectivity index is 0.000000174. The number of furan rings is 1. The molecule has 0 aliphatic rings.